The summed E-state index contributed by atoms with van der Waals surface area (Å²) in [6, 6.07) is 5.76. The molecular weight excluding hydrogens is 254 g/mol. The Labute approximate surface area is 120 Å². The van der Waals surface area contributed by atoms with Gasteiger partial charge >= 0.3 is 0 Å². The van der Waals surface area contributed by atoms with Crippen molar-refractivity contribution in [3.05, 3.63) is 23.8 Å². The minimum atomic E-state index is -0.713. The minimum absolute atomic E-state index is 0.000764. The first-order valence-corrected chi connectivity index (χ1v) is 7.10. The van der Waals surface area contributed by atoms with Crippen molar-refractivity contribution in [2.45, 2.75) is 57.8 Å². The molecule has 0 aromatic heterocycles. The largest absolute Gasteiger partial charge is 0.493 e. The van der Waals surface area contributed by atoms with Crippen LogP contribution in [0.2, 0.25) is 0 Å². The Balaban J connectivity index is 2.08. The lowest BCUT2D eigenvalue weighted by atomic mass is 9.90. The Bertz CT molecular complexity index is 477. The van der Waals surface area contributed by atoms with E-state index < -0.39 is 5.60 Å². The second-order valence-corrected chi connectivity index (χ2v) is 6.78. The van der Waals surface area contributed by atoms with Crippen molar-refractivity contribution >= 4 is 0 Å². The number of ether oxygens (including phenoxy) is 2. The van der Waals surface area contributed by atoms with Gasteiger partial charge in [-0.25, -0.2) is 0 Å². The van der Waals surface area contributed by atoms with E-state index in [0.29, 0.717) is 13.0 Å². The van der Waals surface area contributed by atoms with E-state index in [1.165, 1.54) is 0 Å². The highest BCUT2D eigenvalue weighted by Gasteiger charge is 2.31. The van der Waals surface area contributed by atoms with Gasteiger partial charge in [0, 0.05) is 30.5 Å². The van der Waals surface area contributed by atoms with Crippen LogP contribution in [0.5, 0.6) is 11.5 Å². The van der Waals surface area contributed by atoms with Crippen molar-refractivity contribution in [3.8, 4) is 11.5 Å². The highest BCUT2D eigenvalue weighted by molar-refractivity contribution is 5.44. The molecule has 0 radical (unpaired) electrons. The molecule has 0 amide bonds. The van der Waals surface area contributed by atoms with E-state index in [-0.39, 0.29) is 11.6 Å². The molecule has 112 valence electrons. The molecule has 1 aromatic rings. The normalized spacial score (nSPS) is 21.0. The molecule has 4 nitrogen and oxygen atoms in total. The predicted molar refractivity (Wildman–Crippen MR) is 79.1 cm³/mol. The third-order valence-electron chi connectivity index (χ3n) is 3.46. The molecule has 0 spiro atoms. The van der Waals surface area contributed by atoms with Crippen LogP contribution in [0.3, 0.4) is 0 Å². The molecule has 1 heterocycles. The fourth-order valence-corrected chi connectivity index (χ4v) is 2.40. The fraction of sp³-hybridized carbons (Fsp3) is 0.625. The van der Waals surface area contributed by atoms with Gasteiger partial charge in [0.1, 0.15) is 17.1 Å². The van der Waals surface area contributed by atoms with E-state index >= 15 is 0 Å². The van der Waals surface area contributed by atoms with Crippen LogP contribution in [0.25, 0.3) is 0 Å². The number of fused-ring (bicyclic) bond motifs is 1. The van der Waals surface area contributed by atoms with Crippen LogP contribution < -0.4 is 15.2 Å². The molecule has 0 saturated heterocycles. The Hall–Kier alpha value is -1.26. The second-order valence-electron chi connectivity index (χ2n) is 6.78. The maximum atomic E-state index is 9.67. The molecule has 4 heteroatoms. The third-order valence-corrected chi connectivity index (χ3v) is 3.46. The molecule has 1 aliphatic heterocycles. The van der Waals surface area contributed by atoms with Crippen LogP contribution in [0, 0.1) is 0 Å². The molecule has 0 bridgehead atoms. The van der Waals surface area contributed by atoms with Crippen LogP contribution >= 0.6 is 0 Å². The van der Waals surface area contributed by atoms with Gasteiger partial charge in [0.2, 0.25) is 0 Å². The number of nitrogens with two attached hydrogens (primary N) is 1. The van der Waals surface area contributed by atoms with E-state index in [0.717, 1.165) is 23.5 Å². The first-order chi connectivity index (χ1) is 9.16. The standard InChI is InChI=1S/C16H25NO3/c1-15(2,18)7-8-19-11-5-6-12-13(17)10-16(3,4)20-14(12)9-11/h5-6,9,13,18H,7-8,10,17H2,1-4H3. The van der Waals surface area contributed by atoms with Crippen LogP contribution in [-0.4, -0.2) is 22.9 Å². The number of hydrogen-bond donors (Lipinski definition) is 2. The zero-order chi connectivity index (χ0) is 15.0. The molecule has 1 atom stereocenters. The number of rotatable bonds is 4. The summed E-state index contributed by atoms with van der Waals surface area (Å²) in [5, 5.41) is 9.67. The first kappa shape index (κ1) is 15.1. The lowest BCUT2D eigenvalue weighted by Crippen LogP contribution is -2.37. The summed E-state index contributed by atoms with van der Waals surface area (Å²) in [5.41, 5.74) is 6.24. The van der Waals surface area contributed by atoms with Gasteiger partial charge in [-0.3, -0.25) is 0 Å². The molecule has 0 saturated carbocycles. The second kappa shape index (κ2) is 5.26. The summed E-state index contributed by atoms with van der Waals surface area (Å²) in [6.45, 7) is 8.09. The topological polar surface area (TPSA) is 64.7 Å². The van der Waals surface area contributed by atoms with Crippen molar-refractivity contribution in [1.82, 2.24) is 0 Å². The van der Waals surface area contributed by atoms with E-state index in [2.05, 4.69) is 0 Å². The summed E-state index contributed by atoms with van der Waals surface area (Å²) < 4.78 is 11.6. The molecule has 3 N–H and O–H groups in total. The van der Waals surface area contributed by atoms with Crippen molar-refractivity contribution in [2.24, 2.45) is 5.73 Å². The molecular formula is C16H25NO3. The van der Waals surface area contributed by atoms with Crippen LogP contribution in [-0.2, 0) is 0 Å². The molecule has 0 aliphatic carbocycles. The Morgan fingerprint density at radius 2 is 2.15 bits per heavy atom. The number of aliphatic hydroxyl groups is 1. The summed E-state index contributed by atoms with van der Waals surface area (Å²) in [6.07, 6.45) is 1.38. The van der Waals surface area contributed by atoms with Crippen molar-refractivity contribution in [3.63, 3.8) is 0 Å². The smallest absolute Gasteiger partial charge is 0.128 e. The Kier molecular flexibility index (Phi) is 3.98. The van der Waals surface area contributed by atoms with Gasteiger partial charge in [-0.1, -0.05) is 6.07 Å². The summed E-state index contributed by atoms with van der Waals surface area (Å²) in [5.74, 6) is 1.55. The highest BCUT2D eigenvalue weighted by atomic mass is 16.5. The Morgan fingerprint density at radius 1 is 1.45 bits per heavy atom. The van der Waals surface area contributed by atoms with Gasteiger partial charge in [-0.2, -0.15) is 0 Å². The van der Waals surface area contributed by atoms with Gasteiger partial charge < -0.3 is 20.3 Å². The quantitative estimate of drug-likeness (QED) is 0.889. The van der Waals surface area contributed by atoms with Crippen LogP contribution in [0.4, 0.5) is 0 Å². The zero-order valence-corrected chi connectivity index (χ0v) is 12.8. The van der Waals surface area contributed by atoms with Crippen LogP contribution in [0.15, 0.2) is 18.2 Å². The first-order valence-electron chi connectivity index (χ1n) is 7.10. The molecule has 1 aliphatic rings. The van der Waals surface area contributed by atoms with E-state index in [1.807, 2.05) is 32.0 Å². The van der Waals surface area contributed by atoms with Crippen LogP contribution in [0.1, 0.15) is 52.1 Å². The van der Waals surface area contributed by atoms with Gasteiger partial charge in [0.15, 0.2) is 0 Å². The fourth-order valence-electron chi connectivity index (χ4n) is 2.40. The summed E-state index contributed by atoms with van der Waals surface area (Å²) in [7, 11) is 0. The monoisotopic (exact) mass is 279 g/mol. The molecule has 1 unspecified atom stereocenters. The molecule has 20 heavy (non-hydrogen) atoms. The highest BCUT2D eigenvalue weighted by Crippen LogP contribution is 2.40. The molecule has 0 fully saturated rings. The van der Waals surface area contributed by atoms with E-state index in [9.17, 15) is 5.11 Å². The average molecular weight is 279 g/mol. The predicted octanol–water partition coefficient (Wildman–Crippen LogP) is 2.79. The van der Waals surface area contributed by atoms with Crippen molar-refractivity contribution in [2.75, 3.05) is 6.61 Å². The Morgan fingerprint density at radius 3 is 2.80 bits per heavy atom. The third kappa shape index (κ3) is 3.87. The van der Waals surface area contributed by atoms with Gasteiger partial charge in [0.05, 0.1) is 12.2 Å². The minimum Gasteiger partial charge on any atom is -0.493 e. The number of benzene rings is 1. The average Bonchev–Trinajstić information content (AvgIpc) is 2.24. The SMILES string of the molecule is CC(C)(O)CCOc1ccc2c(c1)OC(C)(C)CC2N. The number of hydrogen-bond acceptors (Lipinski definition) is 4. The van der Waals surface area contributed by atoms with Gasteiger partial charge in [0.25, 0.3) is 0 Å². The maximum absolute atomic E-state index is 9.67. The summed E-state index contributed by atoms with van der Waals surface area (Å²) in [4.78, 5) is 0. The van der Waals surface area contributed by atoms with E-state index in [4.69, 9.17) is 15.2 Å². The van der Waals surface area contributed by atoms with Crippen molar-refractivity contribution in [1.29, 1.82) is 0 Å². The summed E-state index contributed by atoms with van der Waals surface area (Å²) >= 11 is 0. The lowest BCUT2D eigenvalue weighted by molar-refractivity contribution is 0.0549. The molecule has 2 rings (SSSR count). The maximum Gasteiger partial charge on any atom is 0.128 e. The van der Waals surface area contributed by atoms with Gasteiger partial charge in [-0.15, -0.1) is 0 Å². The molecule has 1 aromatic carbocycles. The van der Waals surface area contributed by atoms with Gasteiger partial charge in [-0.05, 0) is 33.8 Å². The van der Waals surface area contributed by atoms with Crippen molar-refractivity contribution < 1.29 is 14.6 Å². The zero-order valence-electron chi connectivity index (χ0n) is 12.8. The van der Waals surface area contributed by atoms with E-state index in [1.54, 1.807) is 13.8 Å². The lowest BCUT2D eigenvalue weighted by Gasteiger charge is -2.36.